The predicted molar refractivity (Wildman–Crippen MR) is 115 cm³/mol. The second-order valence-corrected chi connectivity index (χ2v) is 7.29. The highest BCUT2D eigenvalue weighted by molar-refractivity contribution is 5.72. The molecule has 7 heteroatoms. The Hall–Kier alpha value is -3.35. The molecule has 0 spiro atoms. The number of alkyl halides is 3. The molecule has 0 aromatic heterocycles. The molecule has 3 rings (SSSR count). The van der Waals surface area contributed by atoms with Gasteiger partial charge in [-0.3, -0.25) is 0 Å². The third-order valence-electron chi connectivity index (χ3n) is 5.02. The molecule has 0 aliphatic rings. The fourth-order valence-electron chi connectivity index (χ4n) is 3.32. The average Bonchev–Trinajstić information content (AvgIpc) is 2.77. The van der Waals surface area contributed by atoms with E-state index in [0.717, 1.165) is 0 Å². The molecule has 3 aromatic carbocycles. The zero-order chi connectivity index (χ0) is 24.2. The quantitative estimate of drug-likeness (QED) is 0.252. The molecule has 0 nitrogen and oxygen atoms in total. The average molecular weight is 464 g/mol. The number of hydrogen-bond acceptors (Lipinski definition) is 0. The van der Waals surface area contributed by atoms with Crippen LogP contribution in [0.1, 0.15) is 30.9 Å². The molecule has 33 heavy (non-hydrogen) atoms. The van der Waals surface area contributed by atoms with Crippen LogP contribution in [0.25, 0.3) is 28.1 Å². The maximum atomic E-state index is 14.2. The van der Waals surface area contributed by atoms with Crippen molar-refractivity contribution in [2.24, 2.45) is 0 Å². The van der Waals surface area contributed by atoms with Gasteiger partial charge in [0.15, 0.2) is 5.83 Å². The monoisotopic (exact) mass is 464 g/mol. The maximum absolute atomic E-state index is 14.2. The van der Waals surface area contributed by atoms with E-state index in [1.165, 1.54) is 24.3 Å². The van der Waals surface area contributed by atoms with Crippen LogP contribution in [-0.4, -0.2) is 0 Å². The van der Waals surface area contributed by atoms with Gasteiger partial charge in [-0.15, -0.1) is 0 Å². The van der Waals surface area contributed by atoms with E-state index < -0.39 is 35.0 Å². The minimum absolute atomic E-state index is 0.0372. The van der Waals surface area contributed by atoms with E-state index in [0.29, 0.717) is 35.2 Å². The third kappa shape index (κ3) is 5.72. The Bertz CT molecular complexity index is 1150. The molecular weight excluding hydrogens is 445 g/mol. The fraction of sp³-hybridized carbons (Fsp3) is 0.154. The van der Waals surface area contributed by atoms with Gasteiger partial charge in [0.2, 0.25) is 0 Å². The van der Waals surface area contributed by atoms with Crippen molar-refractivity contribution >= 4 is 5.83 Å². The predicted octanol–water partition coefficient (Wildman–Crippen LogP) is 9.28. The van der Waals surface area contributed by atoms with Crippen LogP contribution < -0.4 is 0 Å². The van der Waals surface area contributed by atoms with Crippen molar-refractivity contribution in [2.45, 2.75) is 25.9 Å². The highest BCUT2D eigenvalue weighted by Gasteiger charge is 2.37. The molecule has 0 saturated carbocycles. The van der Waals surface area contributed by atoms with Crippen molar-refractivity contribution in [3.63, 3.8) is 0 Å². The molecule has 0 aliphatic heterocycles. The maximum Gasteiger partial charge on any atom is 0.422 e. The van der Waals surface area contributed by atoms with E-state index in [-0.39, 0.29) is 17.5 Å². The fourth-order valence-corrected chi connectivity index (χ4v) is 3.32. The Balaban J connectivity index is 1.82. The van der Waals surface area contributed by atoms with Crippen LogP contribution in [-0.2, 0) is 6.18 Å². The van der Waals surface area contributed by atoms with Crippen molar-refractivity contribution in [2.75, 3.05) is 0 Å². The van der Waals surface area contributed by atoms with Crippen LogP contribution in [0.5, 0.6) is 0 Å². The zero-order valence-corrected chi connectivity index (χ0v) is 17.5. The largest absolute Gasteiger partial charge is 0.422 e. The van der Waals surface area contributed by atoms with Crippen molar-refractivity contribution in [1.29, 1.82) is 0 Å². The van der Waals surface area contributed by atoms with Gasteiger partial charge in [-0.05, 0) is 47.7 Å². The molecular formula is C26H19F7. The summed E-state index contributed by atoms with van der Waals surface area (Å²) in [7, 11) is 0. The minimum Gasteiger partial charge on any atom is -0.209 e. The summed E-state index contributed by atoms with van der Waals surface area (Å²) in [5.41, 5.74) is -0.195. The van der Waals surface area contributed by atoms with Gasteiger partial charge in [-0.25, -0.2) is 17.6 Å². The Morgan fingerprint density at radius 1 is 0.758 bits per heavy atom. The summed E-state index contributed by atoms with van der Waals surface area (Å²) in [6.45, 7) is 1.79. The van der Waals surface area contributed by atoms with E-state index in [2.05, 4.69) is 0 Å². The molecule has 0 N–H and O–H groups in total. The number of hydrogen-bond donors (Lipinski definition) is 0. The topological polar surface area (TPSA) is 0 Å². The second kappa shape index (κ2) is 10.1. The molecule has 0 radical (unpaired) electrons. The number of rotatable bonds is 6. The first-order chi connectivity index (χ1) is 15.6. The minimum atomic E-state index is -5.13. The van der Waals surface area contributed by atoms with Gasteiger partial charge in [-0.1, -0.05) is 60.7 Å². The van der Waals surface area contributed by atoms with Crippen molar-refractivity contribution < 1.29 is 30.7 Å². The van der Waals surface area contributed by atoms with Crippen LogP contribution in [0.3, 0.4) is 0 Å². The van der Waals surface area contributed by atoms with Crippen LogP contribution in [0.15, 0.2) is 78.6 Å². The lowest BCUT2D eigenvalue weighted by Crippen LogP contribution is -2.11. The molecule has 0 fully saturated rings. The van der Waals surface area contributed by atoms with Gasteiger partial charge in [-0.2, -0.15) is 13.2 Å². The molecule has 0 aliphatic carbocycles. The summed E-state index contributed by atoms with van der Waals surface area (Å²) in [4.78, 5) is 0. The molecule has 3 aromatic rings. The summed E-state index contributed by atoms with van der Waals surface area (Å²) in [5.74, 6) is -5.13. The molecule has 0 atom stereocenters. The Kier molecular flexibility index (Phi) is 7.41. The third-order valence-corrected chi connectivity index (χ3v) is 5.02. The lowest BCUT2D eigenvalue weighted by molar-refractivity contribution is -0.142. The number of benzene rings is 3. The summed E-state index contributed by atoms with van der Waals surface area (Å²) in [6, 6.07) is 13.6. The van der Waals surface area contributed by atoms with Gasteiger partial charge < -0.3 is 0 Å². The van der Waals surface area contributed by atoms with E-state index in [4.69, 9.17) is 0 Å². The van der Waals surface area contributed by atoms with E-state index in [1.807, 2.05) is 0 Å². The van der Waals surface area contributed by atoms with Crippen molar-refractivity contribution in [3.8, 4) is 22.3 Å². The highest BCUT2D eigenvalue weighted by atomic mass is 19.4. The van der Waals surface area contributed by atoms with E-state index in [9.17, 15) is 30.7 Å². The van der Waals surface area contributed by atoms with E-state index in [1.54, 1.807) is 43.3 Å². The van der Waals surface area contributed by atoms with Gasteiger partial charge in [0.25, 0.3) is 0 Å². The van der Waals surface area contributed by atoms with Gasteiger partial charge in [0, 0.05) is 12.0 Å². The molecule has 0 unspecified atom stereocenters. The highest BCUT2D eigenvalue weighted by Crippen LogP contribution is 2.36. The molecule has 0 saturated heterocycles. The van der Waals surface area contributed by atoms with Crippen molar-refractivity contribution in [1.82, 2.24) is 0 Å². The molecule has 0 heterocycles. The SMILES string of the molecule is CC=CCCC(F)=C(F)c1ccc(-c2ccc(-c3cc(F)c(C(F)(F)F)c(F)c3)cc2)cc1. The van der Waals surface area contributed by atoms with Gasteiger partial charge in [0.1, 0.15) is 23.0 Å². The van der Waals surface area contributed by atoms with Gasteiger partial charge in [0.05, 0.1) is 0 Å². The van der Waals surface area contributed by atoms with Crippen molar-refractivity contribution in [3.05, 3.63) is 101 Å². The molecule has 172 valence electrons. The number of halogens is 7. The summed E-state index contributed by atoms with van der Waals surface area (Å²) in [6.07, 6.45) is -1.27. The summed E-state index contributed by atoms with van der Waals surface area (Å²) < 4.78 is 94.1. The van der Waals surface area contributed by atoms with Crippen LogP contribution in [0.2, 0.25) is 0 Å². The first-order valence-corrected chi connectivity index (χ1v) is 10.0. The Labute approximate surface area is 186 Å². The lowest BCUT2D eigenvalue weighted by Gasteiger charge is -2.11. The smallest absolute Gasteiger partial charge is 0.209 e. The van der Waals surface area contributed by atoms with E-state index >= 15 is 0 Å². The standard InChI is InChI=1S/C26H19F7/c1-2-3-4-5-21(27)25(30)19-12-10-17(11-13-19)16-6-8-18(9-7-16)20-14-22(28)24(23(29)15-20)26(31,32)33/h2-3,6-15H,4-5H2,1H3. The molecule has 0 bridgehead atoms. The Morgan fingerprint density at radius 2 is 1.21 bits per heavy atom. The van der Waals surface area contributed by atoms with Gasteiger partial charge >= 0.3 is 6.18 Å². The molecule has 0 amide bonds. The second-order valence-electron chi connectivity index (χ2n) is 7.29. The summed E-state index contributed by atoms with van der Waals surface area (Å²) in [5, 5.41) is 0. The zero-order valence-electron chi connectivity index (χ0n) is 17.5. The van der Waals surface area contributed by atoms with Crippen LogP contribution >= 0.6 is 0 Å². The van der Waals surface area contributed by atoms with Crippen LogP contribution in [0, 0.1) is 11.6 Å². The number of allylic oxidation sites excluding steroid dienone is 3. The first kappa shape index (κ1) is 24.3. The lowest BCUT2D eigenvalue weighted by atomic mass is 9.98. The Morgan fingerprint density at radius 3 is 1.67 bits per heavy atom. The summed E-state index contributed by atoms with van der Waals surface area (Å²) >= 11 is 0. The van der Waals surface area contributed by atoms with Crippen LogP contribution in [0.4, 0.5) is 30.7 Å². The normalized spacial score (nSPS) is 12.8. The first-order valence-electron chi connectivity index (χ1n) is 10.0.